The predicted octanol–water partition coefficient (Wildman–Crippen LogP) is 2.03. The summed E-state index contributed by atoms with van der Waals surface area (Å²) in [6.45, 7) is 1.10. The molecule has 17 heavy (non-hydrogen) atoms. The Morgan fingerprint density at radius 1 is 1.53 bits per heavy atom. The van der Waals surface area contributed by atoms with Crippen molar-refractivity contribution < 1.29 is 10.0 Å². The SMILES string of the molecule is O=[N+]([O-])c1c(Cl)ccc2c1C=CN(CCO)C2. The van der Waals surface area contributed by atoms with Crippen LogP contribution in [0.1, 0.15) is 11.1 Å². The number of rotatable bonds is 3. The molecule has 0 spiro atoms. The molecule has 0 aromatic heterocycles. The van der Waals surface area contributed by atoms with Crippen molar-refractivity contribution in [2.24, 2.45) is 0 Å². The fourth-order valence-corrected chi connectivity index (χ4v) is 2.10. The summed E-state index contributed by atoms with van der Waals surface area (Å²) in [4.78, 5) is 12.4. The third-order valence-electron chi connectivity index (χ3n) is 2.65. The van der Waals surface area contributed by atoms with Gasteiger partial charge in [-0.05, 0) is 17.7 Å². The van der Waals surface area contributed by atoms with Crippen LogP contribution in [0.3, 0.4) is 0 Å². The van der Waals surface area contributed by atoms with Crippen LogP contribution in [0, 0.1) is 10.1 Å². The van der Waals surface area contributed by atoms with Gasteiger partial charge in [0.05, 0.1) is 17.1 Å². The molecule has 0 atom stereocenters. The zero-order valence-electron chi connectivity index (χ0n) is 8.97. The van der Waals surface area contributed by atoms with Gasteiger partial charge < -0.3 is 10.0 Å². The maximum atomic E-state index is 10.9. The van der Waals surface area contributed by atoms with E-state index in [-0.39, 0.29) is 17.3 Å². The zero-order chi connectivity index (χ0) is 12.4. The van der Waals surface area contributed by atoms with Crippen molar-refractivity contribution >= 4 is 23.4 Å². The molecule has 0 radical (unpaired) electrons. The molecule has 1 N–H and O–H groups in total. The summed E-state index contributed by atoms with van der Waals surface area (Å²) < 4.78 is 0. The fraction of sp³-hybridized carbons (Fsp3) is 0.273. The second kappa shape index (κ2) is 4.73. The molecule has 1 aromatic carbocycles. The van der Waals surface area contributed by atoms with Gasteiger partial charge in [-0.15, -0.1) is 0 Å². The molecule has 0 unspecified atom stereocenters. The van der Waals surface area contributed by atoms with Gasteiger partial charge in [0.15, 0.2) is 0 Å². The number of β-amino-alcohol motifs (C(OH)–C–C–N with tert-alkyl or cyclic N) is 1. The number of aliphatic hydroxyl groups excluding tert-OH is 1. The number of nitro benzene ring substituents is 1. The molecule has 90 valence electrons. The number of benzene rings is 1. The van der Waals surface area contributed by atoms with Crippen LogP contribution in [-0.4, -0.2) is 28.1 Å². The lowest BCUT2D eigenvalue weighted by Crippen LogP contribution is -2.23. The molecule has 0 amide bonds. The largest absolute Gasteiger partial charge is 0.395 e. The van der Waals surface area contributed by atoms with Crippen molar-refractivity contribution in [3.8, 4) is 0 Å². The van der Waals surface area contributed by atoms with Gasteiger partial charge in [0.1, 0.15) is 5.02 Å². The maximum Gasteiger partial charge on any atom is 0.295 e. The summed E-state index contributed by atoms with van der Waals surface area (Å²) in [5.41, 5.74) is 1.35. The Balaban J connectivity index is 2.43. The van der Waals surface area contributed by atoms with Gasteiger partial charge >= 0.3 is 0 Å². The summed E-state index contributed by atoms with van der Waals surface area (Å²) in [7, 11) is 0. The van der Waals surface area contributed by atoms with Crippen LogP contribution in [0.5, 0.6) is 0 Å². The highest BCUT2D eigenvalue weighted by Crippen LogP contribution is 2.34. The third kappa shape index (κ3) is 2.25. The molecule has 1 aromatic rings. The van der Waals surface area contributed by atoms with E-state index in [0.29, 0.717) is 18.7 Å². The van der Waals surface area contributed by atoms with E-state index in [1.807, 2.05) is 4.90 Å². The van der Waals surface area contributed by atoms with Gasteiger partial charge in [-0.3, -0.25) is 10.1 Å². The molecule has 1 aliphatic heterocycles. The molecule has 0 bridgehead atoms. The lowest BCUT2D eigenvalue weighted by Gasteiger charge is -2.24. The lowest BCUT2D eigenvalue weighted by molar-refractivity contribution is -0.385. The van der Waals surface area contributed by atoms with Crippen LogP contribution in [0.2, 0.25) is 5.02 Å². The zero-order valence-corrected chi connectivity index (χ0v) is 9.72. The second-order valence-corrected chi connectivity index (χ2v) is 4.14. The average Bonchev–Trinajstić information content (AvgIpc) is 2.29. The molecule has 6 heteroatoms. The van der Waals surface area contributed by atoms with Crippen LogP contribution >= 0.6 is 11.6 Å². The van der Waals surface area contributed by atoms with Gasteiger partial charge in [-0.25, -0.2) is 0 Å². The van der Waals surface area contributed by atoms with Crippen molar-refractivity contribution in [1.82, 2.24) is 4.90 Å². The Morgan fingerprint density at radius 3 is 2.94 bits per heavy atom. The van der Waals surface area contributed by atoms with E-state index in [2.05, 4.69) is 0 Å². The molecule has 1 heterocycles. The van der Waals surface area contributed by atoms with Crippen LogP contribution < -0.4 is 0 Å². The average molecular weight is 255 g/mol. The Kier molecular flexibility index (Phi) is 3.31. The maximum absolute atomic E-state index is 10.9. The molecule has 0 aliphatic carbocycles. The quantitative estimate of drug-likeness (QED) is 0.662. The second-order valence-electron chi connectivity index (χ2n) is 3.74. The smallest absolute Gasteiger partial charge is 0.295 e. The summed E-state index contributed by atoms with van der Waals surface area (Å²) in [5.74, 6) is 0. The van der Waals surface area contributed by atoms with E-state index in [1.54, 1.807) is 18.3 Å². The van der Waals surface area contributed by atoms with E-state index >= 15 is 0 Å². The first-order chi connectivity index (χ1) is 8.13. The molecule has 0 saturated carbocycles. The van der Waals surface area contributed by atoms with Crippen molar-refractivity contribution in [3.05, 3.63) is 44.6 Å². The van der Waals surface area contributed by atoms with E-state index < -0.39 is 4.92 Å². The Hall–Kier alpha value is -1.59. The topological polar surface area (TPSA) is 66.6 Å². The molecular weight excluding hydrogens is 244 g/mol. The van der Waals surface area contributed by atoms with Crippen molar-refractivity contribution in [2.45, 2.75) is 6.54 Å². The fourth-order valence-electron chi connectivity index (χ4n) is 1.87. The van der Waals surface area contributed by atoms with E-state index in [9.17, 15) is 10.1 Å². The van der Waals surface area contributed by atoms with Crippen LogP contribution in [0.15, 0.2) is 18.3 Å². The number of hydrogen-bond donors (Lipinski definition) is 1. The summed E-state index contributed by atoms with van der Waals surface area (Å²) >= 11 is 5.82. The Labute approximate surface area is 103 Å². The number of aliphatic hydroxyl groups is 1. The van der Waals surface area contributed by atoms with Crippen LogP contribution in [0.4, 0.5) is 5.69 Å². The van der Waals surface area contributed by atoms with Crippen LogP contribution in [-0.2, 0) is 6.54 Å². The first kappa shape index (κ1) is 11.9. The van der Waals surface area contributed by atoms with Gasteiger partial charge in [-0.1, -0.05) is 17.7 Å². The highest BCUT2D eigenvalue weighted by atomic mass is 35.5. The number of hydrogen-bond acceptors (Lipinski definition) is 4. The molecule has 0 fully saturated rings. The number of fused-ring (bicyclic) bond motifs is 1. The first-order valence-electron chi connectivity index (χ1n) is 5.12. The molecule has 0 saturated heterocycles. The van der Waals surface area contributed by atoms with E-state index in [1.165, 1.54) is 6.07 Å². The standard InChI is InChI=1S/C11H11ClN2O3/c12-10-2-1-8-7-13(5-6-15)4-3-9(8)11(10)14(16)17/h1-4,15H,5-7H2. The van der Waals surface area contributed by atoms with Gasteiger partial charge in [-0.2, -0.15) is 0 Å². The van der Waals surface area contributed by atoms with Crippen molar-refractivity contribution in [3.63, 3.8) is 0 Å². The number of nitrogens with zero attached hydrogens (tertiary/aromatic N) is 2. The van der Waals surface area contributed by atoms with Gasteiger partial charge in [0.2, 0.25) is 0 Å². The molecule has 1 aliphatic rings. The number of halogens is 1. The monoisotopic (exact) mass is 254 g/mol. The number of nitro groups is 1. The Bertz CT molecular complexity index is 488. The van der Waals surface area contributed by atoms with Gasteiger partial charge in [0.25, 0.3) is 5.69 Å². The van der Waals surface area contributed by atoms with Crippen molar-refractivity contribution in [2.75, 3.05) is 13.2 Å². The minimum Gasteiger partial charge on any atom is -0.395 e. The normalized spacial score (nSPS) is 13.6. The van der Waals surface area contributed by atoms with Gasteiger partial charge in [0, 0.05) is 19.3 Å². The minimum atomic E-state index is -0.465. The highest BCUT2D eigenvalue weighted by Gasteiger charge is 2.23. The summed E-state index contributed by atoms with van der Waals surface area (Å²) in [6.07, 6.45) is 3.40. The van der Waals surface area contributed by atoms with E-state index in [4.69, 9.17) is 16.7 Å². The predicted molar refractivity (Wildman–Crippen MR) is 64.6 cm³/mol. The Morgan fingerprint density at radius 2 is 2.29 bits per heavy atom. The molecule has 5 nitrogen and oxygen atoms in total. The highest BCUT2D eigenvalue weighted by molar-refractivity contribution is 6.33. The summed E-state index contributed by atoms with van der Waals surface area (Å²) in [6, 6.07) is 3.31. The van der Waals surface area contributed by atoms with Crippen molar-refractivity contribution in [1.29, 1.82) is 0 Å². The molecular formula is C11H11ClN2O3. The lowest BCUT2D eigenvalue weighted by atomic mass is 10.0. The summed E-state index contributed by atoms with van der Waals surface area (Å²) in [5, 5.41) is 19.9. The van der Waals surface area contributed by atoms with Crippen LogP contribution in [0.25, 0.3) is 6.08 Å². The first-order valence-corrected chi connectivity index (χ1v) is 5.50. The van der Waals surface area contributed by atoms with E-state index in [0.717, 1.165) is 5.56 Å². The minimum absolute atomic E-state index is 0.0509. The molecule has 2 rings (SSSR count). The third-order valence-corrected chi connectivity index (χ3v) is 2.96.